The molecule has 1 aromatic heterocycles. The molecule has 1 aliphatic carbocycles. The molecule has 1 amide bonds. The van der Waals surface area contributed by atoms with E-state index >= 15 is 0 Å². The van der Waals surface area contributed by atoms with Gasteiger partial charge in [0.05, 0.1) is 3.79 Å². The van der Waals surface area contributed by atoms with Gasteiger partial charge in [-0.1, -0.05) is 0 Å². The molecular weight excluding hydrogens is 266 g/mol. The highest BCUT2D eigenvalue weighted by molar-refractivity contribution is 9.11. The van der Waals surface area contributed by atoms with Crippen molar-refractivity contribution in [1.82, 2.24) is 5.32 Å². The molecule has 2 rings (SSSR count). The number of nitrogens with one attached hydrogen (secondary N) is 1. The lowest BCUT2D eigenvalue weighted by molar-refractivity contribution is 0.193. The van der Waals surface area contributed by atoms with Gasteiger partial charge < -0.3 is 10.4 Å². The van der Waals surface area contributed by atoms with Crippen molar-refractivity contribution in [3.63, 3.8) is 0 Å². The Bertz CT molecular complexity index is 377. The minimum Gasteiger partial charge on any atom is -0.465 e. The molecule has 1 heterocycles. The fraction of sp³-hybridized carbons (Fsp3) is 0.444. The van der Waals surface area contributed by atoms with E-state index in [1.807, 2.05) is 0 Å². The maximum absolute atomic E-state index is 10.4. The number of carbonyl (C=O) groups is 1. The number of hydrogen-bond donors (Lipinski definition) is 2. The number of amides is 1. The minimum absolute atomic E-state index is 0.118. The molecule has 1 fully saturated rings. The second-order valence-electron chi connectivity index (χ2n) is 3.46. The van der Waals surface area contributed by atoms with Gasteiger partial charge in [-0.25, -0.2) is 4.79 Å². The molecule has 76 valence electrons. The lowest BCUT2D eigenvalue weighted by Gasteiger charge is -1.98. The molecule has 0 radical (unpaired) electrons. The summed E-state index contributed by atoms with van der Waals surface area (Å²) in [7, 11) is 0. The number of carboxylic acid groups (broad SMARTS) is 1. The number of aryl methyl sites for hydroxylation is 1. The van der Waals surface area contributed by atoms with Crippen LogP contribution >= 0.6 is 27.3 Å². The van der Waals surface area contributed by atoms with Crippen LogP contribution in [-0.4, -0.2) is 17.2 Å². The largest absolute Gasteiger partial charge is 0.465 e. The van der Waals surface area contributed by atoms with Crippen molar-refractivity contribution in [2.75, 3.05) is 0 Å². The summed E-state index contributed by atoms with van der Waals surface area (Å²) in [5, 5.41) is 11.1. The molecule has 1 aliphatic rings. The summed E-state index contributed by atoms with van der Waals surface area (Å²) in [6, 6.07) is 2.21. The van der Waals surface area contributed by atoms with Crippen LogP contribution < -0.4 is 5.32 Å². The quantitative estimate of drug-likeness (QED) is 0.872. The van der Waals surface area contributed by atoms with Crippen LogP contribution in [-0.2, 0) is 0 Å². The molecule has 0 aromatic carbocycles. The Morgan fingerprint density at radius 1 is 1.79 bits per heavy atom. The first-order chi connectivity index (χ1) is 6.58. The topological polar surface area (TPSA) is 49.3 Å². The van der Waals surface area contributed by atoms with Crippen molar-refractivity contribution in [3.05, 3.63) is 20.3 Å². The van der Waals surface area contributed by atoms with E-state index in [1.54, 1.807) is 11.3 Å². The van der Waals surface area contributed by atoms with Crippen molar-refractivity contribution < 1.29 is 9.90 Å². The van der Waals surface area contributed by atoms with E-state index < -0.39 is 6.09 Å². The molecule has 0 spiro atoms. The van der Waals surface area contributed by atoms with Gasteiger partial charge in [-0.05, 0) is 40.9 Å². The first-order valence-corrected chi connectivity index (χ1v) is 5.94. The number of thiophene rings is 1. The van der Waals surface area contributed by atoms with Gasteiger partial charge in [0.1, 0.15) is 0 Å². The molecule has 0 unspecified atom stereocenters. The number of rotatable bonds is 2. The van der Waals surface area contributed by atoms with Gasteiger partial charge >= 0.3 is 6.09 Å². The summed E-state index contributed by atoms with van der Waals surface area (Å²) in [5.74, 6) is 0.383. The van der Waals surface area contributed by atoms with E-state index in [0.29, 0.717) is 5.92 Å². The third-order valence-corrected chi connectivity index (χ3v) is 3.99. The zero-order chi connectivity index (χ0) is 10.3. The summed E-state index contributed by atoms with van der Waals surface area (Å²) in [6.45, 7) is 2.07. The van der Waals surface area contributed by atoms with Gasteiger partial charge in [0.15, 0.2) is 0 Å². The van der Waals surface area contributed by atoms with E-state index in [1.165, 1.54) is 10.4 Å². The van der Waals surface area contributed by atoms with Crippen molar-refractivity contribution in [2.24, 2.45) is 0 Å². The van der Waals surface area contributed by atoms with Crippen molar-refractivity contribution >= 4 is 33.4 Å². The average Bonchev–Trinajstić information content (AvgIpc) is 2.70. The Labute approximate surface area is 94.3 Å². The van der Waals surface area contributed by atoms with Crippen LogP contribution in [0.1, 0.15) is 22.8 Å². The van der Waals surface area contributed by atoms with Gasteiger partial charge in [0, 0.05) is 16.8 Å². The third kappa shape index (κ3) is 1.93. The monoisotopic (exact) mass is 275 g/mol. The van der Waals surface area contributed by atoms with Crippen LogP contribution in [0, 0.1) is 6.92 Å². The Morgan fingerprint density at radius 2 is 2.50 bits per heavy atom. The molecule has 14 heavy (non-hydrogen) atoms. The molecule has 0 saturated heterocycles. The fourth-order valence-electron chi connectivity index (χ4n) is 1.68. The summed E-state index contributed by atoms with van der Waals surface area (Å²) in [4.78, 5) is 11.7. The Kier molecular flexibility index (Phi) is 2.53. The molecule has 2 N–H and O–H groups in total. The van der Waals surface area contributed by atoms with Gasteiger partial charge in [0.25, 0.3) is 0 Å². The Hall–Kier alpha value is -0.550. The van der Waals surface area contributed by atoms with E-state index in [9.17, 15) is 4.79 Å². The van der Waals surface area contributed by atoms with Gasteiger partial charge in [-0.2, -0.15) is 0 Å². The van der Waals surface area contributed by atoms with Crippen LogP contribution in [0.5, 0.6) is 0 Å². The maximum Gasteiger partial charge on any atom is 0.404 e. The van der Waals surface area contributed by atoms with Crippen molar-refractivity contribution in [1.29, 1.82) is 0 Å². The summed E-state index contributed by atoms with van der Waals surface area (Å²) < 4.78 is 1.12. The van der Waals surface area contributed by atoms with Crippen molar-refractivity contribution in [3.8, 4) is 0 Å². The van der Waals surface area contributed by atoms with Crippen LogP contribution in [0.3, 0.4) is 0 Å². The van der Waals surface area contributed by atoms with Crippen LogP contribution in [0.25, 0.3) is 0 Å². The molecular formula is C9H10BrNO2S. The van der Waals surface area contributed by atoms with Gasteiger partial charge in [-0.15, -0.1) is 11.3 Å². The van der Waals surface area contributed by atoms with Gasteiger partial charge in [-0.3, -0.25) is 0 Å². The predicted octanol–water partition coefficient (Wildman–Crippen LogP) is 2.94. The summed E-state index contributed by atoms with van der Waals surface area (Å²) >= 11 is 5.13. The van der Waals surface area contributed by atoms with E-state index in [-0.39, 0.29) is 6.04 Å². The van der Waals surface area contributed by atoms with Crippen LogP contribution in [0.2, 0.25) is 0 Å². The maximum atomic E-state index is 10.4. The van der Waals surface area contributed by atoms with Crippen LogP contribution in [0.15, 0.2) is 9.85 Å². The molecule has 1 aromatic rings. The molecule has 3 nitrogen and oxygen atoms in total. The second-order valence-corrected chi connectivity index (χ2v) is 6.10. The predicted molar refractivity (Wildman–Crippen MR) is 59.1 cm³/mol. The zero-order valence-electron chi connectivity index (χ0n) is 7.58. The average molecular weight is 276 g/mol. The highest BCUT2D eigenvalue weighted by atomic mass is 79.9. The number of halogens is 1. The van der Waals surface area contributed by atoms with Crippen molar-refractivity contribution in [2.45, 2.75) is 25.3 Å². The van der Waals surface area contributed by atoms with E-state index in [4.69, 9.17) is 5.11 Å². The first-order valence-electron chi connectivity index (χ1n) is 4.33. The van der Waals surface area contributed by atoms with Gasteiger partial charge in [0.2, 0.25) is 0 Å². The normalized spacial score (nSPS) is 24.7. The highest BCUT2D eigenvalue weighted by Gasteiger charge is 2.40. The third-order valence-electron chi connectivity index (χ3n) is 2.42. The van der Waals surface area contributed by atoms with E-state index in [2.05, 4.69) is 34.2 Å². The molecule has 0 aliphatic heterocycles. The Balaban J connectivity index is 2.05. The van der Waals surface area contributed by atoms with E-state index in [0.717, 1.165) is 10.2 Å². The zero-order valence-corrected chi connectivity index (χ0v) is 9.98. The standard InChI is InChI=1S/C9H10BrNO2S/c1-4-5(3-8(10)14-4)6-2-7(6)11-9(12)13/h3,6-7,11H,2H2,1H3,(H,12,13)/t6-,7+/m0/s1. The number of hydrogen-bond acceptors (Lipinski definition) is 2. The fourth-order valence-corrected chi connectivity index (χ4v) is 3.47. The molecule has 0 bridgehead atoms. The molecule has 1 saturated carbocycles. The Morgan fingerprint density at radius 3 is 3.00 bits per heavy atom. The lowest BCUT2D eigenvalue weighted by atomic mass is 10.2. The molecule has 5 heteroatoms. The van der Waals surface area contributed by atoms with Crippen LogP contribution in [0.4, 0.5) is 4.79 Å². The smallest absolute Gasteiger partial charge is 0.404 e. The molecule has 2 atom stereocenters. The minimum atomic E-state index is -0.926. The first kappa shape index (κ1) is 9.98. The summed E-state index contributed by atoms with van der Waals surface area (Å²) in [5.41, 5.74) is 1.28. The SMILES string of the molecule is Cc1sc(Br)cc1[C@@H]1C[C@H]1NC(=O)O. The highest BCUT2D eigenvalue weighted by Crippen LogP contribution is 2.45. The lowest BCUT2D eigenvalue weighted by Crippen LogP contribution is -2.24. The summed E-state index contributed by atoms with van der Waals surface area (Å²) in [6.07, 6.45) is 0.000461. The second kappa shape index (κ2) is 3.55.